The minimum atomic E-state index is -5.11. The number of aromatic nitrogens is 2. The number of hydrazone groups is 1. The summed E-state index contributed by atoms with van der Waals surface area (Å²) in [6, 6.07) is -0.250. The van der Waals surface area contributed by atoms with Gasteiger partial charge in [0.2, 0.25) is 0 Å². The van der Waals surface area contributed by atoms with Gasteiger partial charge in [-0.05, 0) is 18.8 Å². The average Bonchev–Trinajstić information content (AvgIpc) is 3.01. The molecule has 9 nitrogen and oxygen atoms in total. The molecule has 2 heterocycles. The largest absolute Gasteiger partial charge is 0.438 e. The van der Waals surface area contributed by atoms with Gasteiger partial charge in [-0.2, -0.15) is 28.0 Å². The number of alkyl halides is 3. The third-order valence-corrected chi connectivity index (χ3v) is 3.41. The van der Waals surface area contributed by atoms with Crippen LogP contribution in [0.4, 0.5) is 19.0 Å². The van der Waals surface area contributed by atoms with E-state index in [2.05, 4.69) is 10.2 Å². The molecule has 0 fully saturated rings. The van der Waals surface area contributed by atoms with Gasteiger partial charge in [0, 0.05) is 12.6 Å². The predicted molar refractivity (Wildman–Crippen MR) is 69.3 cm³/mol. The van der Waals surface area contributed by atoms with Gasteiger partial charge in [0.15, 0.2) is 6.04 Å². The van der Waals surface area contributed by atoms with Crippen molar-refractivity contribution < 1.29 is 28.0 Å². The van der Waals surface area contributed by atoms with Gasteiger partial charge in [0.25, 0.3) is 11.6 Å². The molecule has 2 rings (SSSR count). The Kier molecular flexibility index (Phi) is 3.88. The fraction of sp³-hybridized carbons (Fsp3) is 0.545. The molecule has 1 aliphatic rings. The van der Waals surface area contributed by atoms with Crippen LogP contribution in [0.5, 0.6) is 0 Å². The molecule has 23 heavy (non-hydrogen) atoms. The summed E-state index contributed by atoms with van der Waals surface area (Å²) in [5, 5.41) is 27.2. The van der Waals surface area contributed by atoms with Crippen molar-refractivity contribution in [2.24, 2.45) is 5.10 Å². The van der Waals surface area contributed by atoms with Gasteiger partial charge < -0.3 is 15.2 Å². The Morgan fingerprint density at radius 2 is 2.17 bits per heavy atom. The van der Waals surface area contributed by atoms with E-state index in [4.69, 9.17) is 0 Å². The lowest BCUT2D eigenvalue weighted by Crippen LogP contribution is -2.57. The molecule has 0 radical (unpaired) electrons. The summed E-state index contributed by atoms with van der Waals surface area (Å²) in [6.07, 6.45) is -5.23. The molecular formula is C11H12F3N5O4. The number of aryl methyl sites for hydroxylation is 1. The molecule has 0 unspecified atom stereocenters. The minimum absolute atomic E-state index is 0.0649. The summed E-state index contributed by atoms with van der Waals surface area (Å²) in [6.45, 7) is 2.61. The Morgan fingerprint density at radius 1 is 1.57 bits per heavy atom. The number of halogens is 3. The van der Waals surface area contributed by atoms with Gasteiger partial charge in [0.1, 0.15) is 0 Å². The molecule has 2 atom stereocenters. The van der Waals surface area contributed by atoms with Gasteiger partial charge in [0.05, 0.1) is 16.9 Å². The first-order valence-electron chi connectivity index (χ1n) is 6.35. The maximum Gasteiger partial charge on any atom is 0.438 e. The van der Waals surface area contributed by atoms with E-state index in [1.807, 2.05) is 0 Å². The van der Waals surface area contributed by atoms with E-state index < -0.39 is 41.0 Å². The Bertz CT molecular complexity index is 686. The van der Waals surface area contributed by atoms with Crippen LogP contribution in [0, 0.1) is 17.0 Å². The fourth-order valence-corrected chi connectivity index (χ4v) is 2.14. The van der Waals surface area contributed by atoms with Crippen LogP contribution >= 0.6 is 0 Å². The summed E-state index contributed by atoms with van der Waals surface area (Å²) in [5.41, 5.74) is -3.23. The normalized spacial score (nSPS) is 22.4. The van der Waals surface area contributed by atoms with Crippen LogP contribution in [0.1, 0.15) is 25.1 Å². The van der Waals surface area contributed by atoms with E-state index in [0.717, 1.165) is 17.0 Å². The van der Waals surface area contributed by atoms with Gasteiger partial charge in [-0.25, -0.2) is 0 Å². The third-order valence-electron chi connectivity index (χ3n) is 3.41. The van der Waals surface area contributed by atoms with Crippen molar-refractivity contribution in [3.05, 3.63) is 21.9 Å². The van der Waals surface area contributed by atoms with E-state index in [0.29, 0.717) is 0 Å². The number of nitrogens with zero attached hydrogens (tertiary/aromatic N) is 5. The predicted octanol–water partition coefficient (Wildman–Crippen LogP) is 1.13. The first kappa shape index (κ1) is 16.9. The molecule has 0 bridgehead atoms. The van der Waals surface area contributed by atoms with Crippen molar-refractivity contribution in [1.29, 1.82) is 0 Å². The summed E-state index contributed by atoms with van der Waals surface area (Å²) in [4.78, 5) is 22.1. The minimum Gasteiger partial charge on any atom is -0.362 e. The Hall–Kier alpha value is -2.50. The maximum atomic E-state index is 13.0. The third kappa shape index (κ3) is 2.65. The lowest BCUT2D eigenvalue weighted by molar-refractivity contribution is -0.389. The van der Waals surface area contributed by atoms with E-state index in [1.54, 1.807) is 0 Å². The molecule has 12 heteroatoms. The van der Waals surface area contributed by atoms with E-state index in [-0.39, 0.29) is 10.7 Å². The van der Waals surface area contributed by atoms with E-state index in [9.17, 15) is 33.2 Å². The first-order valence-corrected chi connectivity index (χ1v) is 6.35. The smallest absolute Gasteiger partial charge is 0.362 e. The Morgan fingerprint density at radius 3 is 2.65 bits per heavy atom. The van der Waals surface area contributed by atoms with Crippen LogP contribution in [0.2, 0.25) is 0 Å². The second kappa shape index (κ2) is 5.30. The van der Waals surface area contributed by atoms with Crippen LogP contribution in [0.25, 0.3) is 0 Å². The maximum absolute atomic E-state index is 13.0. The summed E-state index contributed by atoms with van der Waals surface area (Å²) < 4.78 is 39.8. The number of amides is 1. The number of rotatable bonds is 3. The zero-order valence-corrected chi connectivity index (χ0v) is 12.0. The topological polar surface area (TPSA) is 114 Å². The molecule has 1 aromatic rings. The van der Waals surface area contributed by atoms with Crippen molar-refractivity contribution in [3.63, 3.8) is 0 Å². The quantitative estimate of drug-likeness (QED) is 0.657. The van der Waals surface area contributed by atoms with Crippen LogP contribution in [-0.4, -0.2) is 48.8 Å². The highest BCUT2D eigenvalue weighted by atomic mass is 19.4. The number of hydrogen-bond donors (Lipinski definition) is 1. The van der Waals surface area contributed by atoms with E-state index in [1.165, 1.54) is 13.8 Å². The molecule has 0 aromatic carbocycles. The standard InChI is InChI=1S/C11H12F3N5O4/c1-6-5-8(19(22)23)16-17(6)7(2)9(20)18-10(21,3-4-15-18)11(12,13)14/h4-5,7,21H,3H2,1-2H3/t7-,10+/m1/s1. The molecule has 0 aliphatic carbocycles. The van der Waals surface area contributed by atoms with Crippen LogP contribution in [0.3, 0.4) is 0 Å². The number of carbonyl (C=O) groups excluding carboxylic acids is 1. The van der Waals surface area contributed by atoms with Gasteiger partial charge >= 0.3 is 12.0 Å². The SMILES string of the molecule is Cc1cc([N+](=O)[O-])nn1[C@H](C)C(=O)N1N=CC[C@]1(O)C(F)(F)F. The van der Waals surface area contributed by atoms with Crippen molar-refractivity contribution in [2.45, 2.75) is 38.2 Å². The van der Waals surface area contributed by atoms with Gasteiger partial charge in [-0.1, -0.05) is 0 Å². The molecule has 1 aromatic heterocycles. The second-order valence-electron chi connectivity index (χ2n) is 4.99. The summed E-state index contributed by atoms with van der Waals surface area (Å²) in [7, 11) is 0. The molecule has 1 N–H and O–H groups in total. The second-order valence-corrected chi connectivity index (χ2v) is 4.99. The fourth-order valence-electron chi connectivity index (χ4n) is 2.14. The molecule has 1 amide bonds. The zero-order valence-electron chi connectivity index (χ0n) is 12.0. The van der Waals surface area contributed by atoms with Crippen molar-refractivity contribution >= 4 is 17.9 Å². The van der Waals surface area contributed by atoms with Crippen molar-refractivity contribution in [1.82, 2.24) is 14.8 Å². The van der Waals surface area contributed by atoms with Crippen molar-refractivity contribution in [3.8, 4) is 0 Å². The van der Waals surface area contributed by atoms with E-state index >= 15 is 0 Å². The summed E-state index contributed by atoms with van der Waals surface area (Å²) in [5.74, 6) is -1.74. The van der Waals surface area contributed by atoms with Crippen LogP contribution < -0.4 is 0 Å². The van der Waals surface area contributed by atoms with Gasteiger partial charge in [-0.3, -0.25) is 4.79 Å². The molecule has 0 spiro atoms. The van der Waals surface area contributed by atoms with Gasteiger partial charge in [-0.15, -0.1) is 0 Å². The van der Waals surface area contributed by atoms with Crippen LogP contribution in [0.15, 0.2) is 11.2 Å². The Labute approximate surface area is 127 Å². The number of nitro groups is 1. The van der Waals surface area contributed by atoms with Crippen LogP contribution in [-0.2, 0) is 4.79 Å². The lowest BCUT2D eigenvalue weighted by Gasteiger charge is -2.33. The Balaban J connectivity index is 2.33. The molecular weight excluding hydrogens is 323 g/mol. The summed E-state index contributed by atoms with van der Waals surface area (Å²) >= 11 is 0. The number of hydrogen-bond acceptors (Lipinski definition) is 6. The monoisotopic (exact) mass is 335 g/mol. The lowest BCUT2D eigenvalue weighted by atomic mass is 10.1. The highest BCUT2D eigenvalue weighted by Crippen LogP contribution is 2.39. The van der Waals surface area contributed by atoms with Crippen molar-refractivity contribution in [2.75, 3.05) is 0 Å². The number of aliphatic hydroxyl groups is 1. The molecule has 1 aliphatic heterocycles. The highest BCUT2D eigenvalue weighted by Gasteiger charge is 2.62. The average molecular weight is 335 g/mol. The highest BCUT2D eigenvalue weighted by molar-refractivity contribution is 5.83. The number of carbonyl (C=O) groups is 1. The zero-order chi connectivity index (χ0) is 17.6. The molecule has 0 saturated heterocycles. The molecule has 126 valence electrons. The first-order chi connectivity index (χ1) is 10.5. The molecule has 0 saturated carbocycles.